The molecule has 9 nitrogen and oxygen atoms in total. The van der Waals surface area contributed by atoms with Crippen LogP contribution in [0.5, 0.6) is 0 Å². The Morgan fingerprint density at radius 2 is 1.78 bits per heavy atom. The first-order valence-electron chi connectivity index (χ1n) is 11.7. The summed E-state index contributed by atoms with van der Waals surface area (Å²) in [6.45, 7) is 7.00. The molecule has 0 saturated carbocycles. The van der Waals surface area contributed by atoms with Gasteiger partial charge in [0, 0.05) is 18.2 Å². The molecular formula is C27H35N3O6S. The topological polar surface area (TPSA) is 114 Å². The molecule has 10 heteroatoms. The number of esters is 1. The number of carbonyl (C=O) groups excluding carboxylic acids is 4. The summed E-state index contributed by atoms with van der Waals surface area (Å²) in [4.78, 5) is 52.0. The van der Waals surface area contributed by atoms with Crippen molar-refractivity contribution in [2.24, 2.45) is 0 Å². The summed E-state index contributed by atoms with van der Waals surface area (Å²) in [6, 6.07) is 6.45. The van der Waals surface area contributed by atoms with Crippen molar-refractivity contribution in [1.29, 1.82) is 0 Å². The average Bonchev–Trinajstić information content (AvgIpc) is 2.83. The molecule has 3 amide bonds. The normalized spacial score (nSPS) is 12.2. The lowest BCUT2D eigenvalue weighted by molar-refractivity contribution is -0.143. The Balaban J connectivity index is 3.29. The summed E-state index contributed by atoms with van der Waals surface area (Å²) in [6.07, 6.45) is 12.5. The van der Waals surface area contributed by atoms with Crippen molar-refractivity contribution >= 4 is 35.6 Å². The molecule has 0 radical (unpaired) electrons. The van der Waals surface area contributed by atoms with Crippen LogP contribution in [0.4, 0.5) is 4.79 Å². The zero-order chi connectivity index (χ0) is 28.0. The second-order valence-electron chi connectivity index (χ2n) is 8.83. The first kappa shape index (κ1) is 31.4. The number of carbonyl (C=O) groups is 4. The highest BCUT2D eigenvalue weighted by molar-refractivity contribution is 7.98. The van der Waals surface area contributed by atoms with Gasteiger partial charge in [0.1, 0.15) is 17.7 Å². The Labute approximate surface area is 223 Å². The maximum absolute atomic E-state index is 13.6. The van der Waals surface area contributed by atoms with Crippen molar-refractivity contribution in [3.8, 4) is 24.8 Å². The molecule has 2 unspecified atom stereocenters. The smallest absolute Gasteiger partial charge is 0.408 e. The molecule has 0 bridgehead atoms. The third-order valence-electron chi connectivity index (χ3n) is 4.81. The lowest BCUT2D eigenvalue weighted by Gasteiger charge is -2.30. The first-order chi connectivity index (χ1) is 17.5. The molecule has 1 rings (SSSR count). The lowest BCUT2D eigenvalue weighted by Crippen LogP contribution is -2.51. The van der Waals surface area contributed by atoms with Gasteiger partial charge in [0.05, 0.1) is 13.0 Å². The minimum Gasteiger partial charge on any atom is -0.466 e. The molecule has 2 N–H and O–H groups in total. The van der Waals surface area contributed by atoms with Crippen molar-refractivity contribution in [2.45, 2.75) is 58.2 Å². The number of benzene rings is 1. The summed E-state index contributed by atoms with van der Waals surface area (Å²) >= 11 is 1.48. The van der Waals surface area contributed by atoms with Crippen molar-refractivity contribution in [2.75, 3.05) is 25.2 Å². The minimum absolute atomic E-state index is 0.0186. The number of hydrogen-bond donors (Lipinski definition) is 2. The zero-order valence-electron chi connectivity index (χ0n) is 22.0. The van der Waals surface area contributed by atoms with Gasteiger partial charge in [0.2, 0.25) is 5.91 Å². The molecule has 0 fully saturated rings. The number of hydrogen-bond acceptors (Lipinski definition) is 7. The van der Waals surface area contributed by atoms with Crippen LogP contribution in [0.2, 0.25) is 0 Å². The summed E-state index contributed by atoms with van der Waals surface area (Å²) in [7, 11) is 0. The van der Waals surface area contributed by atoms with E-state index in [9.17, 15) is 19.2 Å². The predicted molar refractivity (Wildman–Crippen MR) is 143 cm³/mol. The van der Waals surface area contributed by atoms with E-state index < -0.39 is 41.6 Å². The van der Waals surface area contributed by atoms with Crippen LogP contribution in [0.25, 0.3) is 0 Å². The van der Waals surface area contributed by atoms with Crippen molar-refractivity contribution in [3.63, 3.8) is 0 Å². The van der Waals surface area contributed by atoms with Crippen LogP contribution in [0.3, 0.4) is 0 Å². The van der Waals surface area contributed by atoms with Crippen molar-refractivity contribution in [1.82, 2.24) is 15.5 Å². The molecule has 37 heavy (non-hydrogen) atoms. The third kappa shape index (κ3) is 10.9. The van der Waals surface area contributed by atoms with E-state index in [1.54, 1.807) is 52.0 Å². The largest absolute Gasteiger partial charge is 0.466 e. The van der Waals surface area contributed by atoms with Gasteiger partial charge in [-0.25, -0.2) is 4.79 Å². The molecule has 0 aliphatic rings. The number of terminal acetylenes is 2. The van der Waals surface area contributed by atoms with Gasteiger partial charge in [-0.05, 0) is 63.8 Å². The van der Waals surface area contributed by atoms with Crippen LogP contribution in [0, 0.1) is 24.8 Å². The number of nitrogens with zero attached hydrogens (tertiary/aromatic N) is 1. The van der Waals surface area contributed by atoms with Gasteiger partial charge >= 0.3 is 12.1 Å². The first-order valence-corrected chi connectivity index (χ1v) is 13.1. The highest BCUT2D eigenvalue weighted by Crippen LogP contribution is 2.23. The van der Waals surface area contributed by atoms with E-state index in [2.05, 4.69) is 22.6 Å². The standard InChI is InChI=1S/C27H35N3O6S/c1-8-19-11-13-20(14-12-19)23(24(32)28-17-15-22(31)35-10-3)30(9-2)25(33)21(16-18-37-7)29-26(34)36-27(4,5)6/h1-2,11-14,21,23H,10,15-18H2,3-7H3,(H,28,32)(H,29,34). The quantitative estimate of drug-likeness (QED) is 0.243. The van der Waals surface area contributed by atoms with Crippen molar-refractivity contribution < 1.29 is 28.7 Å². The van der Waals surface area contributed by atoms with Crippen LogP contribution in [-0.2, 0) is 23.9 Å². The molecule has 0 heterocycles. The number of ether oxygens (including phenoxy) is 2. The van der Waals surface area contributed by atoms with E-state index in [4.69, 9.17) is 22.3 Å². The summed E-state index contributed by atoms with van der Waals surface area (Å²) in [5.41, 5.74) is 0.205. The zero-order valence-corrected chi connectivity index (χ0v) is 22.8. The molecule has 1 aromatic carbocycles. The van der Waals surface area contributed by atoms with E-state index in [0.29, 0.717) is 16.9 Å². The Morgan fingerprint density at radius 1 is 1.14 bits per heavy atom. The molecular weight excluding hydrogens is 494 g/mol. The molecule has 0 aromatic heterocycles. The lowest BCUT2D eigenvalue weighted by atomic mass is 10.0. The van der Waals surface area contributed by atoms with Gasteiger partial charge in [-0.3, -0.25) is 19.3 Å². The predicted octanol–water partition coefficient (Wildman–Crippen LogP) is 2.84. The van der Waals surface area contributed by atoms with Crippen LogP contribution in [-0.4, -0.2) is 65.6 Å². The SMILES string of the molecule is C#Cc1ccc(C(C(=O)NCCC(=O)OCC)N(C#C)C(=O)C(CCSC)NC(=O)OC(C)(C)C)cc1. The summed E-state index contributed by atoms with van der Waals surface area (Å²) < 4.78 is 10.2. The van der Waals surface area contributed by atoms with Crippen LogP contribution in [0.1, 0.15) is 57.7 Å². The van der Waals surface area contributed by atoms with Gasteiger partial charge in [0.25, 0.3) is 5.91 Å². The molecule has 1 aromatic rings. The van der Waals surface area contributed by atoms with E-state index in [-0.39, 0.29) is 26.0 Å². The highest BCUT2D eigenvalue weighted by Gasteiger charge is 2.35. The fourth-order valence-electron chi connectivity index (χ4n) is 3.17. The molecule has 0 saturated heterocycles. The van der Waals surface area contributed by atoms with Crippen LogP contribution >= 0.6 is 11.8 Å². The summed E-state index contributed by atoms with van der Waals surface area (Å²) in [5.74, 6) is 1.30. The van der Waals surface area contributed by atoms with Gasteiger partial charge in [-0.1, -0.05) is 24.5 Å². The maximum atomic E-state index is 13.6. The third-order valence-corrected chi connectivity index (χ3v) is 5.45. The number of thioether (sulfide) groups is 1. The van der Waals surface area contributed by atoms with Gasteiger partial charge in [-0.2, -0.15) is 11.8 Å². The number of rotatable bonds is 12. The van der Waals surface area contributed by atoms with E-state index in [1.165, 1.54) is 11.8 Å². The highest BCUT2D eigenvalue weighted by atomic mass is 32.2. The molecule has 200 valence electrons. The van der Waals surface area contributed by atoms with Crippen LogP contribution < -0.4 is 10.6 Å². The number of alkyl carbamates (subject to hydrolysis) is 1. The Kier molecular flexibility index (Phi) is 13.1. The maximum Gasteiger partial charge on any atom is 0.408 e. The fraction of sp³-hybridized carbons (Fsp3) is 0.481. The fourth-order valence-corrected chi connectivity index (χ4v) is 3.64. The second kappa shape index (κ2) is 15.5. The molecule has 0 aliphatic carbocycles. The van der Waals surface area contributed by atoms with Crippen LogP contribution in [0.15, 0.2) is 24.3 Å². The molecule has 0 aliphatic heterocycles. The van der Waals surface area contributed by atoms with Crippen molar-refractivity contribution in [3.05, 3.63) is 35.4 Å². The van der Waals surface area contributed by atoms with Gasteiger partial charge in [0.15, 0.2) is 0 Å². The van der Waals surface area contributed by atoms with Gasteiger partial charge < -0.3 is 20.1 Å². The number of amides is 3. The molecule has 0 spiro atoms. The Bertz CT molecular complexity index is 1020. The minimum atomic E-state index is -1.25. The van der Waals surface area contributed by atoms with Gasteiger partial charge in [-0.15, -0.1) is 6.42 Å². The van der Waals surface area contributed by atoms with E-state index in [0.717, 1.165) is 4.90 Å². The van der Waals surface area contributed by atoms with E-state index >= 15 is 0 Å². The molecule has 2 atom stereocenters. The summed E-state index contributed by atoms with van der Waals surface area (Å²) in [5, 5.41) is 5.22. The number of nitrogens with one attached hydrogen (secondary N) is 2. The second-order valence-corrected chi connectivity index (χ2v) is 9.82. The monoisotopic (exact) mass is 529 g/mol. The average molecular weight is 530 g/mol. The van der Waals surface area contributed by atoms with E-state index in [1.807, 2.05) is 6.26 Å². The Morgan fingerprint density at radius 3 is 2.30 bits per heavy atom. The Hall–Kier alpha value is -3.63.